The Bertz CT molecular complexity index is 110. The van der Waals surface area contributed by atoms with Gasteiger partial charge in [-0.1, -0.05) is 53.4 Å². The molecule has 0 fully saturated rings. The molecule has 0 aromatic carbocycles. The number of aliphatic hydroxyl groups is 4. The average molecular weight is 451 g/mol. The first kappa shape index (κ1) is 33.8. The van der Waals surface area contributed by atoms with E-state index in [9.17, 15) is 0 Å². The third-order valence-corrected chi connectivity index (χ3v) is 2.69. The maximum absolute atomic E-state index is 8.34. The Balaban J connectivity index is -0.0000000544. The molecule has 0 bridgehead atoms. The fourth-order valence-corrected chi connectivity index (χ4v) is 0.346. The van der Waals surface area contributed by atoms with Crippen molar-refractivity contribution in [3.8, 4) is 0 Å². The molecule has 7 heteroatoms. The van der Waals surface area contributed by atoms with Crippen LogP contribution in [0.15, 0.2) is 0 Å². The predicted octanol–water partition coefficient (Wildman–Crippen LogP) is 1.77. The van der Waals surface area contributed by atoms with Gasteiger partial charge in [0.15, 0.2) is 0 Å². The Labute approximate surface area is 159 Å². The predicted molar refractivity (Wildman–Crippen MR) is 101 cm³/mol. The average Bonchev–Trinajstić information content (AvgIpc) is 2.53. The molecular formula is C14H36O4S2Sn. The van der Waals surface area contributed by atoms with Crippen LogP contribution in [0.3, 0.4) is 0 Å². The number of rotatable bonds is 6. The molecule has 0 heterocycles. The van der Waals surface area contributed by atoms with Crippen LogP contribution in [0.1, 0.15) is 53.4 Å². The van der Waals surface area contributed by atoms with Gasteiger partial charge in [0, 0.05) is 35.4 Å². The van der Waals surface area contributed by atoms with E-state index in [-0.39, 0.29) is 37.1 Å². The fourth-order valence-electron chi connectivity index (χ4n) is 0.115. The summed E-state index contributed by atoms with van der Waals surface area (Å²) >= 11 is 7.37. The van der Waals surface area contributed by atoms with Gasteiger partial charge in [0.25, 0.3) is 0 Å². The van der Waals surface area contributed by atoms with Gasteiger partial charge >= 0.3 is 0 Å². The topological polar surface area (TPSA) is 80.9 Å². The van der Waals surface area contributed by atoms with Crippen LogP contribution in [-0.2, 0) is 0 Å². The van der Waals surface area contributed by atoms with E-state index in [1.165, 1.54) is 25.7 Å². The van der Waals surface area contributed by atoms with Gasteiger partial charge < -0.3 is 20.4 Å². The van der Waals surface area contributed by atoms with E-state index in [0.717, 1.165) is 0 Å². The molecule has 0 rings (SSSR count). The standard InChI is InChI=1S/2C4H10.2C3H8O2S.Sn/c2*1-3-4-2;2*4-1-3(5)2-6;/h2*3-4H2,1-2H3;2*3-6H,1-2H2;. The molecule has 4 radical (unpaired) electrons. The van der Waals surface area contributed by atoms with Crippen LogP contribution in [0.25, 0.3) is 0 Å². The molecule has 0 amide bonds. The summed E-state index contributed by atoms with van der Waals surface area (Å²) in [7, 11) is 0. The molecule has 4 N–H and O–H groups in total. The zero-order chi connectivity index (χ0) is 16.8. The van der Waals surface area contributed by atoms with Crippen LogP contribution in [0.4, 0.5) is 0 Å². The Morgan fingerprint density at radius 1 is 0.667 bits per heavy atom. The monoisotopic (exact) mass is 452 g/mol. The van der Waals surface area contributed by atoms with Gasteiger partial charge in [0.05, 0.1) is 25.4 Å². The fraction of sp³-hybridized carbons (Fsp3) is 1.00. The van der Waals surface area contributed by atoms with Gasteiger partial charge in [-0.05, 0) is 0 Å². The molecule has 0 aromatic heterocycles. The van der Waals surface area contributed by atoms with Crippen LogP contribution in [0.2, 0.25) is 0 Å². The summed E-state index contributed by atoms with van der Waals surface area (Å²) in [6, 6.07) is 0. The third-order valence-electron chi connectivity index (χ3n) is 1.84. The zero-order valence-corrected chi connectivity index (χ0v) is 18.6. The summed E-state index contributed by atoms with van der Waals surface area (Å²) in [5.74, 6) is 0.660. The molecule has 2 atom stereocenters. The van der Waals surface area contributed by atoms with Gasteiger partial charge in [-0.25, -0.2) is 0 Å². The minimum Gasteiger partial charge on any atom is -0.394 e. The molecule has 21 heavy (non-hydrogen) atoms. The zero-order valence-electron chi connectivity index (χ0n) is 14.0. The van der Waals surface area contributed by atoms with Crippen molar-refractivity contribution in [2.45, 2.75) is 65.6 Å². The van der Waals surface area contributed by atoms with E-state index >= 15 is 0 Å². The Morgan fingerprint density at radius 3 is 0.857 bits per heavy atom. The summed E-state index contributed by atoms with van der Waals surface area (Å²) in [4.78, 5) is 0. The van der Waals surface area contributed by atoms with Crippen molar-refractivity contribution in [3.63, 3.8) is 0 Å². The van der Waals surface area contributed by atoms with Gasteiger partial charge in [-0.2, -0.15) is 25.3 Å². The second-order valence-electron chi connectivity index (χ2n) is 4.04. The molecule has 4 nitrogen and oxygen atoms in total. The number of hydrogen-bond donors (Lipinski definition) is 6. The number of aliphatic hydroxyl groups excluding tert-OH is 4. The molecular weight excluding hydrogens is 415 g/mol. The van der Waals surface area contributed by atoms with Crippen molar-refractivity contribution in [3.05, 3.63) is 0 Å². The Hall–Kier alpha value is 1.34. The molecule has 0 aromatic rings. The van der Waals surface area contributed by atoms with E-state index < -0.39 is 12.2 Å². The molecule has 0 spiro atoms. The second kappa shape index (κ2) is 37.5. The van der Waals surface area contributed by atoms with Crippen LogP contribution >= 0.6 is 25.3 Å². The number of unbranched alkanes of at least 4 members (excludes halogenated alkanes) is 2. The van der Waals surface area contributed by atoms with Crippen LogP contribution in [0.5, 0.6) is 0 Å². The summed E-state index contributed by atoms with van der Waals surface area (Å²) in [6.07, 6.45) is 3.99. The third kappa shape index (κ3) is 62.1. The summed E-state index contributed by atoms with van der Waals surface area (Å²) in [5.41, 5.74) is 0. The normalized spacial score (nSPS) is 11.1. The van der Waals surface area contributed by atoms with Crippen LogP contribution < -0.4 is 0 Å². The van der Waals surface area contributed by atoms with Crippen molar-refractivity contribution >= 4 is 49.2 Å². The van der Waals surface area contributed by atoms with Gasteiger partial charge in [0.1, 0.15) is 0 Å². The molecule has 132 valence electrons. The summed E-state index contributed by atoms with van der Waals surface area (Å²) in [5, 5.41) is 32.8. The molecule has 0 saturated carbocycles. The second-order valence-corrected chi connectivity index (χ2v) is 4.77. The maximum atomic E-state index is 8.34. The van der Waals surface area contributed by atoms with Crippen LogP contribution in [-0.4, -0.2) is 81.3 Å². The Kier molecular flexibility index (Phi) is 60.4. The first-order valence-electron chi connectivity index (χ1n) is 7.24. The SMILES string of the molecule is CCCC.CCCC.OCC(O)CS.OCC(O)CS.[Sn]. The molecule has 2 unspecified atom stereocenters. The van der Waals surface area contributed by atoms with Crippen molar-refractivity contribution in [1.29, 1.82) is 0 Å². The van der Waals surface area contributed by atoms with Crippen molar-refractivity contribution in [2.24, 2.45) is 0 Å². The number of hydrogen-bond acceptors (Lipinski definition) is 6. The molecule has 0 saturated heterocycles. The summed E-state index contributed by atoms with van der Waals surface area (Å²) in [6.45, 7) is 8.34. The van der Waals surface area contributed by atoms with Gasteiger partial charge in [-0.15, -0.1) is 0 Å². The van der Waals surface area contributed by atoms with Gasteiger partial charge in [-0.3, -0.25) is 0 Å². The van der Waals surface area contributed by atoms with E-state index in [0.29, 0.717) is 11.5 Å². The minimum atomic E-state index is -0.645. The molecule has 0 aliphatic carbocycles. The molecule has 0 aliphatic rings. The van der Waals surface area contributed by atoms with Crippen molar-refractivity contribution in [2.75, 3.05) is 24.7 Å². The first-order valence-corrected chi connectivity index (χ1v) is 8.51. The van der Waals surface area contributed by atoms with Gasteiger partial charge in [0.2, 0.25) is 0 Å². The van der Waals surface area contributed by atoms with Crippen LogP contribution in [0, 0.1) is 0 Å². The molecule has 0 aliphatic heterocycles. The first-order chi connectivity index (χ1) is 9.44. The van der Waals surface area contributed by atoms with E-state index in [2.05, 4.69) is 53.0 Å². The Morgan fingerprint density at radius 2 is 0.857 bits per heavy atom. The minimum absolute atomic E-state index is 0. The van der Waals surface area contributed by atoms with Crippen molar-refractivity contribution in [1.82, 2.24) is 0 Å². The quantitative estimate of drug-likeness (QED) is 0.275. The van der Waals surface area contributed by atoms with E-state index in [4.69, 9.17) is 20.4 Å². The number of thiol groups is 2. The maximum Gasteiger partial charge on any atom is 0.0858 e. The summed E-state index contributed by atoms with van der Waals surface area (Å²) < 4.78 is 0. The van der Waals surface area contributed by atoms with E-state index in [1.54, 1.807) is 0 Å². The smallest absolute Gasteiger partial charge is 0.0858 e. The van der Waals surface area contributed by atoms with Crippen molar-refractivity contribution < 1.29 is 20.4 Å². The van der Waals surface area contributed by atoms with E-state index in [1.807, 2.05) is 0 Å². The largest absolute Gasteiger partial charge is 0.394 e.